The molecule has 1 radical (unpaired) electrons. The number of nitrogens with one attached hydrogen (secondary N) is 1. The fraction of sp³-hybridized carbons (Fsp3) is 0.111. The van der Waals surface area contributed by atoms with Crippen molar-refractivity contribution in [2.24, 2.45) is 0 Å². The van der Waals surface area contributed by atoms with Crippen LogP contribution >= 0.6 is 0 Å². The molecular formula is C54H42BN2O. The molecule has 0 saturated carbocycles. The predicted molar refractivity (Wildman–Crippen MR) is 246 cm³/mol. The molecule has 1 N–H and O–H groups in total. The van der Waals surface area contributed by atoms with Gasteiger partial charge in [-0.2, -0.15) is 0 Å². The van der Waals surface area contributed by atoms with Gasteiger partial charge >= 0.3 is 0 Å². The van der Waals surface area contributed by atoms with Crippen molar-refractivity contribution in [3.8, 4) is 33.4 Å². The lowest BCUT2D eigenvalue weighted by Gasteiger charge is -2.46. The molecule has 3 heterocycles. The fourth-order valence-corrected chi connectivity index (χ4v) is 9.95. The average Bonchev–Trinajstić information content (AvgIpc) is 3.62. The van der Waals surface area contributed by atoms with Crippen LogP contribution in [0.1, 0.15) is 41.7 Å². The summed E-state index contributed by atoms with van der Waals surface area (Å²) in [5.74, 6) is 0. The average molecular weight is 746 g/mol. The van der Waals surface area contributed by atoms with Crippen molar-refractivity contribution in [1.29, 1.82) is 0 Å². The second-order valence-corrected chi connectivity index (χ2v) is 16.6. The van der Waals surface area contributed by atoms with Crippen LogP contribution in [0.25, 0.3) is 55.3 Å². The number of rotatable bonds is 5. The lowest BCUT2D eigenvalue weighted by atomic mass is 9.55. The summed E-state index contributed by atoms with van der Waals surface area (Å²) in [6, 6.07) is 57.6. The van der Waals surface area contributed by atoms with E-state index in [1.165, 1.54) is 78.1 Å². The van der Waals surface area contributed by atoms with Crippen LogP contribution in [0.2, 0.25) is 0 Å². The Balaban J connectivity index is 1.21. The molecule has 0 amide bonds. The minimum absolute atomic E-state index is 0.160. The summed E-state index contributed by atoms with van der Waals surface area (Å²) >= 11 is 0. The summed E-state index contributed by atoms with van der Waals surface area (Å²) in [7, 11) is 2.43. The highest BCUT2D eigenvalue weighted by Crippen LogP contribution is 2.53. The Morgan fingerprint density at radius 2 is 1.26 bits per heavy atom. The summed E-state index contributed by atoms with van der Waals surface area (Å²) < 4.78 is 6.56. The normalized spacial score (nSPS) is 13.5. The Morgan fingerprint density at radius 1 is 0.552 bits per heavy atom. The zero-order valence-corrected chi connectivity index (χ0v) is 33.4. The maximum Gasteiger partial charge on any atom is 0.197 e. The first-order valence-corrected chi connectivity index (χ1v) is 20.3. The molecule has 277 valence electrons. The first kappa shape index (κ1) is 34.5. The van der Waals surface area contributed by atoms with Gasteiger partial charge in [0.05, 0.1) is 11.4 Å². The van der Waals surface area contributed by atoms with Crippen molar-refractivity contribution in [3.05, 3.63) is 186 Å². The zero-order chi connectivity index (χ0) is 39.3. The van der Waals surface area contributed by atoms with Crippen molar-refractivity contribution in [2.45, 2.75) is 40.0 Å². The van der Waals surface area contributed by atoms with E-state index in [1.807, 2.05) is 12.1 Å². The molecule has 8 aromatic carbocycles. The lowest BCUT2D eigenvalue weighted by Crippen LogP contribution is -2.45. The third-order valence-electron chi connectivity index (χ3n) is 12.5. The van der Waals surface area contributed by atoms with E-state index in [0.717, 1.165) is 44.4 Å². The maximum atomic E-state index is 6.56. The van der Waals surface area contributed by atoms with Gasteiger partial charge in [0.1, 0.15) is 5.58 Å². The fourth-order valence-electron chi connectivity index (χ4n) is 9.95. The summed E-state index contributed by atoms with van der Waals surface area (Å²) in [6.07, 6.45) is 0. The molecule has 9 aromatic rings. The van der Waals surface area contributed by atoms with E-state index in [9.17, 15) is 0 Å². The van der Waals surface area contributed by atoms with Crippen molar-refractivity contribution >= 4 is 68.6 Å². The topological polar surface area (TPSA) is 28.4 Å². The number of fused-ring (bicyclic) bond motifs is 7. The lowest BCUT2D eigenvalue weighted by molar-refractivity contribution is 0.632. The Kier molecular flexibility index (Phi) is 7.65. The Bertz CT molecular complexity index is 3110. The minimum atomic E-state index is -0.160. The van der Waals surface area contributed by atoms with Crippen LogP contribution in [0.15, 0.2) is 162 Å². The van der Waals surface area contributed by atoms with Crippen molar-refractivity contribution in [1.82, 2.24) is 0 Å². The molecule has 0 saturated heterocycles. The van der Waals surface area contributed by atoms with Crippen LogP contribution in [-0.4, -0.2) is 7.28 Å². The third-order valence-corrected chi connectivity index (χ3v) is 12.5. The van der Waals surface area contributed by atoms with Gasteiger partial charge in [-0.25, -0.2) is 0 Å². The van der Waals surface area contributed by atoms with Crippen LogP contribution in [0, 0.1) is 20.8 Å². The molecule has 0 unspecified atom stereocenters. The number of nitrogens with zero attached hydrogens (tertiary/aromatic N) is 1. The van der Waals surface area contributed by atoms with Crippen LogP contribution in [-0.2, 0) is 5.41 Å². The number of anilines is 5. The highest BCUT2D eigenvalue weighted by molar-refractivity contribution is 6.73. The first-order chi connectivity index (χ1) is 28.2. The van der Waals surface area contributed by atoms with E-state index in [1.54, 1.807) is 0 Å². The number of hydrogen-bond donors (Lipinski definition) is 1. The Hall–Kier alpha value is -6.78. The number of aryl methyl sites for hydroxylation is 3. The molecule has 58 heavy (non-hydrogen) atoms. The molecular weight excluding hydrogens is 703 g/mol. The van der Waals surface area contributed by atoms with Crippen LogP contribution in [0.5, 0.6) is 0 Å². The monoisotopic (exact) mass is 745 g/mol. The summed E-state index contributed by atoms with van der Waals surface area (Å²) in [4.78, 5) is 2.55. The van der Waals surface area contributed by atoms with Gasteiger partial charge in [-0.15, -0.1) is 0 Å². The van der Waals surface area contributed by atoms with Gasteiger partial charge in [0.2, 0.25) is 0 Å². The van der Waals surface area contributed by atoms with Gasteiger partial charge in [0, 0.05) is 38.8 Å². The van der Waals surface area contributed by atoms with E-state index < -0.39 is 0 Å². The molecule has 0 aliphatic carbocycles. The molecule has 2 aliphatic rings. The van der Waals surface area contributed by atoms with E-state index in [0.29, 0.717) is 0 Å². The van der Waals surface area contributed by atoms with Gasteiger partial charge < -0.3 is 14.6 Å². The molecule has 11 rings (SSSR count). The van der Waals surface area contributed by atoms with Gasteiger partial charge in [-0.1, -0.05) is 140 Å². The Labute approximate surface area is 340 Å². The van der Waals surface area contributed by atoms with Gasteiger partial charge in [-0.05, 0) is 119 Å². The number of furan rings is 1. The predicted octanol–water partition coefficient (Wildman–Crippen LogP) is 13.3. The maximum absolute atomic E-state index is 6.56. The standard InChI is InChI=1S/C54H42BN2O/c1-32-27-33(2)50(34(3)28-32)37-30-41(51-48(31-37)57-47-23-11-10-19-42(47)54(4,5)43-20-14-21-44(55-51)52(43)57)40-29-36(35-15-7-6-8-16-35)25-26-45(40)56-46-22-13-18-39-38-17-9-12-24-49(38)58-53(39)46/h6-31,56H,1-5H3. The first-order valence-electron chi connectivity index (χ1n) is 20.3. The molecule has 0 bridgehead atoms. The molecule has 4 heteroatoms. The minimum Gasteiger partial charge on any atom is -0.454 e. The molecule has 2 aliphatic heterocycles. The summed E-state index contributed by atoms with van der Waals surface area (Å²) in [6.45, 7) is 11.4. The molecule has 0 fully saturated rings. The van der Waals surface area contributed by atoms with E-state index >= 15 is 0 Å². The Morgan fingerprint density at radius 3 is 2.10 bits per heavy atom. The van der Waals surface area contributed by atoms with E-state index in [4.69, 9.17) is 4.42 Å². The second kappa shape index (κ2) is 12.9. The number of para-hydroxylation sites is 4. The number of benzene rings is 8. The summed E-state index contributed by atoms with van der Waals surface area (Å²) in [5.41, 5.74) is 23.2. The van der Waals surface area contributed by atoms with Crippen LogP contribution < -0.4 is 21.1 Å². The van der Waals surface area contributed by atoms with Gasteiger partial charge in [0.25, 0.3) is 0 Å². The largest absolute Gasteiger partial charge is 0.454 e. The molecule has 0 spiro atoms. The van der Waals surface area contributed by atoms with Crippen LogP contribution in [0.3, 0.4) is 0 Å². The van der Waals surface area contributed by atoms with Gasteiger partial charge in [0.15, 0.2) is 12.9 Å². The zero-order valence-electron chi connectivity index (χ0n) is 33.4. The van der Waals surface area contributed by atoms with Crippen molar-refractivity contribution in [3.63, 3.8) is 0 Å². The van der Waals surface area contributed by atoms with E-state index in [-0.39, 0.29) is 5.41 Å². The summed E-state index contributed by atoms with van der Waals surface area (Å²) in [5, 5.41) is 6.13. The second-order valence-electron chi connectivity index (χ2n) is 16.6. The molecule has 0 atom stereocenters. The highest BCUT2D eigenvalue weighted by atomic mass is 16.3. The van der Waals surface area contributed by atoms with Crippen molar-refractivity contribution < 1.29 is 4.42 Å². The van der Waals surface area contributed by atoms with E-state index in [2.05, 4.69) is 198 Å². The number of hydrogen-bond acceptors (Lipinski definition) is 3. The molecule has 3 nitrogen and oxygen atoms in total. The third kappa shape index (κ3) is 5.21. The molecule has 1 aromatic heterocycles. The highest BCUT2D eigenvalue weighted by Gasteiger charge is 2.41. The van der Waals surface area contributed by atoms with Crippen LogP contribution in [0.4, 0.5) is 28.4 Å². The SMILES string of the molecule is Cc1cc(C)c(-c2cc(-c3cc(-c4ccccc4)ccc3Nc3cccc4c3oc3ccccc34)c3c(c2)N2c4ccccc4C(C)(C)c4cccc(c42)[B]3)c(C)c1. The van der Waals surface area contributed by atoms with Crippen molar-refractivity contribution in [2.75, 3.05) is 10.2 Å². The smallest absolute Gasteiger partial charge is 0.197 e. The van der Waals surface area contributed by atoms with Gasteiger partial charge in [-0.3, -0.25) is 0 Å². The quantitative estimate of drug-likeness (QED) is 0.178.